The first kappa shape index (κ1) is 14.0. The van der Waals surface area contributed by atoms with Crippen LogP contribution >= 0.6 is 0 Å². The number of hydrogen-bond acceptors (Lipinski definition) is 4. The number of carbonyl (C=O) groups excluding carboxylic acids is 1. The molecule has 0 spiro atoms. The van der Waals surface area contributed by atoms with Crippen LogP contribution in [0.4, 0.5) is 0 Å². The van der Waals surface area contributed by atoms with Crippen molar-refractivity contribution in [2.75, 3.05) is 0 Å². The van der Waals surface area contributed by atoms with Gasteiger partial charge in [-0.05, 0) is 13.0 Å². The van der Waals surface area contributed by atoms with Gasteiger partial charge in [-0.25, -0.2) is 4.98 Å². The molecule has 0 aliphatic rings. The number of amides is 1. The molecule has 2 aromatic rings. The zero-order valence-electron chi connectivity index (χ0n) is 11.7. The number of nitrogens with zero attached hydrogens (tertiary/aromatic N) is 2. The van der Waals surface area contributed by atoms with Crippen LogP contribution in [-0.4, -0.2) is 26.1 Å². The van der Waals surface area contributed by atoms with Crippen molar-refractivity contribution in [2.45, 2.75) is 33.2 Å². The van der Waals surface area contributed by atoms with Crippen LogP contribution in [0.15, 0.2) is 17.1 Å². The van der Waals surface area contributed by atoms with Gasteiger partial charge in [0.2, 0.25) is 0 Å². The van der Waals surface area contributed by atoms with Gasteiger partial charge in [0, 0.05) is 12.1 Å². The standard InChI is InChI=1S/C13H17N5O2/c1-7(2)11-16-8(3)10(13(20)17-11)12(19)14-6-9-4-5-15-18-9/h4-5,7H,6H2,1-3H3,(H,14,19)(H,15,18)(H,16,17,20). The quantitative estimate of drug-likeness (QED) is 0.769. The third-order valence-electron chi connectivity index (χ3n) is 2.89. The highest BCUT2D eigenvalue weighted by atomic mass is 16.2. The van der Waals surface area contributed by atoms with Crippen LogP contribution in [0.3, 0.4) is 0 Å². The van der Waals surface area contributed by atoms with Gasteiger partial charge in [-0.15, -0.1) is 0 Å². The van der Waals surface area contributed by atoms with Crippen molar-refractivity contribution in [3.05, 3.63) is 45.4 Å². The molecule has 0 saturated carbocycles. The highest BCUT2D eigenvalue weighted by Gasteiger charge is 2.17. The second-order valence-corrected chi connectivity index (χ2v) is 4.83. The SMILES string of the molecule is Cc1nc(C(C)C)[nH]c(=O)c1C(=O)NCc1ccn[nH]1. The molecule has 2 aromatic heterocycles. The molecule has 2 rings (SSSR count). The Labute approximate surface area is 115 Å². The fraction of sp³-hybridized carbons (Fsp3) is 0.385. The van der Waals surface area contributed by atoms with Gasteiger partial charge in [-0.1, -0.05) is 13.8 Å². The molecule has 7 nitrogen and oxygen atoms in total. The highest BCUT2D eigenvalue weighted by molar-refractivity contribution is 5.94. The average Bonchev–Trinajstić information content (AvgIpc) is 2.88. The molecule has 20 heavy (non-hydrogen) atoms. The second kappa shape index (κ2) is 5.68. The highest BCUT2D eigenvalue weighted by Crippen LogP contribution is 2.08. The zero-order chi connectivity index (χ0) is 14.7. The van der Waals surface area contributed by atoms with Crippen molar-refractivity contribution >= 4 is 5.91 Å². The molecule has 0 radical (unpaired) electrons. The normalized spacial score (nSPS) is 10.8. The Hall–Kier alpha value is -2.44. The molecule has 7 heteroatoms. The van der Waals surface area contributed by atoms with Crippen molar-refractivity contribution in [2.24, 2.45) is 0 Å². The van der Waals surface area contributed by atoms with Crippen molar-refractivity contribution in [1.82, 2.24) is 25.5 Å². The Morgan fingerprint density at radius 2 is 2.20 bits per heavy atom. The number of rotatable bonds is 4. The van der Waals surface area contributed by atoms with Gasteiger partial charge in [0.1, 0.15) is 11.4 Å². The lowest BCUT2D eigenvalue weighted by molar-refractivity contribution is 0.0947. The predicted molar refractivity (Wildman–Crippen MR) is 73.4 cm³/mol. The Kier molecular flexibility index (Phi) is 3.97. The van der Waals surface area contributed by atoms with E-state index in [1.807, 2.05) is 13.8 Å². The third-order valence-corrected chi connectivity index (χ3v) is 2.89. The Bertz CT molecular complexity index is 658. The molecule has 1 amide bonds. The average molecular weight is 275 g/mol. The van der Waals surface area contributed by atoms with E-state index in [-0.39, 0.29) is 18.0 Å². The molecule has 0 aliphatic heterocycles. The topological polar surface area (TPSA) is 104 Å². The molecular weight excluding hydrogens is 258 g/mol. The molecule has 0 fully saturated rings. The van der Waals surface area contributed by atoms with Crippen molar-refractivity contribution in [3.63, 3.8) is 0 Å². The Morgan fingerprint density at radius 1 is 1.45 bits per heavy atom. The minimum Gasteiger partial charge on any atom is -0.346 e. The molecule has 106 valence electrons. The number of nitrogens with one attached hydrogen (secondary N) is 3. The minimum atomic E-state index is -0.443. The van der Waals surface area contributed by atoms with Gasteiger partial charge < -0.3 is 10.3 Å². The van der Waals surface area contributed by atoms with Gasteiger partial charge in [0.25, 0.3) is 11.5 Å². The number of H-pyrrole nitrogens is 2. The number of aromatic amines is 2. The fourth-order valence-electron chi connectivity index (χ4n) is 1.80. The van der Waals surface area contributed by atoms with Crippen molar-refractivity contribution in [3.8, 4) is 0 Å². The largest absolute Gasteiger partial charge is 0.346 e. The lowest BCUT2D eigenvalue weighted by Crippen LogP contribution is -2.32. The maximum Gasteiger partial charge on any atom is 0.264 e. The summed E-state index contributed by atoms with van der Waals surface area (Å²) in [5, 5.41) is 9.17. The first-order chi connectivity index (χ1) is 9.49. The number of hydrogen-bond donors (Lipinski definition) is 3. The van der Waals surface area contributed by atoms with E-state index in [1.54, 1.807) is 19.2 Å². The summed E-state index contributed by atoms with van der Waals surface area (Å²) in [7, 11) is 0. The van der Waals surface area contributed by atoms with Crippen LogP contribution in [0.2, 0.25) is 0 Å². The van der Waals surface area contributed by atoms with Gasteiger partial charge in [-0.2, -0.15) is 5.10 Å². The van der Waals surface area contributed by atoms with Gasteiger partial charge in [0.05, 0.1) is 17.9 Å². The van der Waals surface area contributed by atoms with Crippen LogP contribution in [0, 0.1) is 6.92 Å². The van der Waals surface area contributed by atoms with Crippen molar-refractivity contribution in [1.29, 1.82) is 0 Å². The van der Waals surface area contributed by atoms with E-state index in [9.17, 15) is 9.59 Å². The smallest absolute Gasteiger partial charge is 0.264 e. The minimum absolute atomic E-state index is 0.0499. The summed E-state index contributed by atoms with van der Waals surface area (Å²) >= 11 is 0. The van der Waals surface area contributed by atoms with E-state index >= 15 is 0 Å². The van der Waals surface area contributed by atoms with E-state index in [1.165, 1.54) is 0 Å². The zero-order valence-corrected chi connectivity index (χ0v) is 11.7. The summed E-state index contributed by atoms with van der Waals surface area (Å²) in [6.45, 7) is 5.79. The number of carbonyl (C=O) groups is 1. The summed E-state index contributed by atoms with van der Waals surface area (Å²) in [4.78, 5) is 31.0. The molecule has 0 saturated heterocycles. The van der Waals surface area contributed by atoms with Crippen LogP contribution in [0.25, 0.3) is 0 Å². The first-order valence-electron chi connectivity index (χ1n) is 6.36. The lowest BCUT2D eigenvalue weighted by Gasteiger charge is -2.09. The van der Waals surface area contributed by atoms with E-state index in [0.717, 1.165) is 5.69 Å². The molecule has 0 aromatic carbocycles. The van der Waals surface area contributed by atoms with Crippen LogP contribution in [-0.2, 0) is 6.54 Å². The summed E-state index contributed by atoms with van der Waals surface area (Å²) < 4.78 is 0. The molecule has 3 N–H and O–H groups in total. The maximum absolute atomic E-state index is 12.1. The summed E-state index contributed by atoms with van der Waals surface area (Å²) in [5.41, 5.74) is 0.830. The summed E-state index contributed by atoms with van der Waals surface area (Å²) in [6, 6.07) is 1.75. The predicted octanol–water partition coefficient (Wildman–Crippen LogP) is 0.855. The second-order valence-electron chi connectivity index (χ2n) is 4.83. The van der Waals surface area contributed by atoms with E-state index in [2.05, 4.69) is 25.5 Å². The first-order valence-corrected chi connectivity index (χ1v) is 6.36. The van der Waals surface area contributed by atoms with E-state index in [0.29, 0.717) is 11.5 Å². The lowest BCUT2D eigenvalue weighted by atomic mass is 10.1. The van der Waals surface area contributed by atoms with Crippen LogP contribution in [0.5, 0.6) is 0 Å². The molecule has 0 unspecified atom stereocenters. The fourth-order valence-corrected chi connectivity index (χ4v) is 1.80. The summed E-state index contributed by atoms with van der Waals surface area (Å²) in [6.07, 6.45) is 1.60. The van der Waals surface area contributed by atoms with Crippen LogP contribution < -0.4 is 10.9 Å². The van der Waals surface area contributed by atoms with Gasteiger partial charge in [-0.3, -0.25) is 14.7 Å². The molecule has 2 heterocycles. The molecular formula is C13H17N5O2. The molecule has 0 aliphatic carbocycles. The number of aromatic nitrogens is 4. The monoisotopic (exact) mass is 275 g/mol. The summed E-state index contributed by atoms with van der Waals surface area (Å²) in [5.74, 6) is 0.238. The Morgan fingerprint density at radius 3 is 2.75 bits per heavy atom. The number of aryl methyl sites for hydroxylation is 1. The van der Waals surface area contributed by atoms with E-state index < -0.39 is 11.5 Å². The van der Waals surface area contributed by atoms with E-state index in [4.69, 9.17) is 0 Å². The van der Waals surface area contributed by atoms with Gasteiger partial charge >= 0.3 is 0 Å². The molecule has 0 atom stereocenters. The van der Waals surface area contributed by atoms with Crippen LogP contribution in [0.1, 0.15) is 47.3 Å². The Balaban J connectivity index is 2.20. The van der Waals surface area contributed by atoms with Gasteiger partial charge in [0.15, 0.2) is 0 Å². The van der Waals surface area contributed by atoms with Crippen molar-refractivity contribution < 1.29 is 4.79 Å². The third kappa shape index (κ3) is 2.93. The molecule has 0 bridgehead atoms. The maximum atomic E-state index is 12.1.